The van der Waals surface area contributed by atoms with Crippen LogP contribution in [-0.2, 0) is 6.54 Å². The highest BCUT2D eigenvalue weighted by Crippen LogP contribution is 2.36. The maximum Gasteiger partial charge on any atom is 0.261 e. The largest absolute Gasteiger partial charge is 0.493 e. The molecule has 1 fully saturated rings. The number of ether oxygens (including phenoxy) is 1. The third kappa shape index (κ3) is 4.77. The van der Waals surface area contributed by atoms with E-state index in [0.29, 0.717) is 29.3 Å². The van der Waals surface area contributed by atoms with E-state index in [-0.39, 0.29) is 11.5 Å². The van der Waals surface area contributed by atoms with E-state index in [9.17, 15) is 9.59 Å². The average molecular weight is 409 g/mol. The number of benzene rings is 1. The molecule has 4 rings (SSSR count). The molecule has 3 aromatic rings. The third-order valence-corrected chi connectivity index (χ3v) is 6.32. The van der Waals surface area contributed by atoms with E-state index in [1.807, 2.05) is 43.3 Å². The Labute approximate surface area is 173 Å². The lowest BCUT2D eigenvalue weighted by Gasteiger charge is -2.09. The Kier molecular flexibility index (Phi) is 5.81. The highest BCUT2D eigenvalue weighted by molar-refractivity contribution is 7.17. The molecule has 150 valence electrons. The number of aryl methyl sites for hydroxylation is 1. The number of pyridine rings is 1. The van der Waals surface area contributed by atoms with Gasteiger partial charge in [0.05, 0.1) is 17.0 Å². The number of carbonyl (C=O) groups excluding carboxylic acids is 1. The van der Waals surface area contributed by atoms with Gasteiger partial charge in [-0.1, -0.05) is 43.2 Å². The van der Waals surface area contributed by atoms with Gasteiger partial charge in [-0.15, -0.1) is 11.3 Å². The molecule has 1 saturated carbocycles. The minimum absolute atomic E-state index is 0.133. The lowest BCUT2D eigenvalue weighted by atomic mass is 10.1. The summed E-state index contributed by atoms with van der Waals surface area (Å²) in [6.07, 6.45) is 5.17. The zero-order chi connectivity index (χ0) is 20.2. The van der Waals surface area contributed by atoms with Gasteiger partial charge in [-0.3, -0.25) is 9.59 Å². The second-order valence-electron chi connectivity index (χ2n) is 7.42. The molecule has 1 aromatic carbocycles. The molecule has 1 amide bonds. The van der Waals surface area contributed by atoms with Gasteiger partial charge in [-0.05, 0) is 42.5 Å². The summed E-state index contributed by atoms with van der Waals surface area (Å²) in [4.78, 5) is 29.3. The molecule has 0 aliphatic heterocycles. The van der Waals surface area contributed by atoms with Crippen LogP contribution in [0.2, 0.25) is 0 Å². The molecule has 2 N–H and O–H groups in total. The zero-order valence-corrected chi connectivity index (χ0v) is 17.2. The minimum Gasteiger partial charge on any atom is -0.493 e. The lowest BCUT2D eigenvalue weighted by molar-refractivity contribution is 0.0954. The monoisotopic (exact) mass is 408 g/mol. The summed E-state index contributed by atoms with van der Waals surface area (Å²) in [6.45, 7) is 2.96. The van der Waals surface area contributed by atoms with Crippen LogP contribution >= 0.6 is 11.3 Å². The van der Waals surface area contributed by atoms with E-state index < -0.39 is 0 Å². The van der Waals surface area contributed by atoms with Gasteiger partial charge in [0.25, 0.3) is 11.5 Å². The van der Waals surface area contributed by atoms with Gasteiger partial charge in [-0.2, -0.15) is 0 Å². The van der Waals surface area contributed by atoms with E-state index in [1.165, 1.54) is 24.2 Å². The van der Waals surface area contributed by atoms with Crippen molar-refractivity contribution in [3.63, 3.8) is 0 Å². The van der Waals surface area contributed by atoms with Crippen LogP contribution in [0.5, 0.6) is 5.75 Å². The molecular formula is C23H24N2O3S. The molecule has 0 spiro atoms. The van der Waals surface area contributed by atoms with Gasteiger partial charge < -0.3 is 15.0 Å². The Hall–Kier alpha value is -2.86. The van der Waals surface area contributed by atoms with Gasteiger partial charge in [0, 0.05) is 17.6 Å². The first-order valence-electron chi connectivity index (χ1n) is 9.89. The topological polar surface area (TPSA) is 71.2 Å². The van der Waals surface area contributed by atoms with Crippen molar-refractivity contribution in [1.82, 2.24) is 10.3 Å². The van der Waals surface area contributed by atoms with Crippen LogP contribution < -0.4 is 15.6 Å². The van der Waals surface area contributed by atoms with Crippen molar-refractivity contribution >= 4 is 17.2 Å². The van der Waals surface area contributed by atoms with Gasteiger partial charge in [0.1, 0.15) is 5.75 Å². The second kappa shape index (κ2) is 8.66. The summed E-state index contributed by atoms with van der Waals surface area (Å²) in [5.74, 6) is 1.21. The Bertz CT molecular complexity index is 1050. The van der Waals surface area contributed by atoms with Crippen molar-refractivity contribution in [3.05, 3.63) is 75.0 Å². The summed E-state index contributed by atoms with van der Waals surface area (Å²) < 4.78 is 5.92. The van der Waals surface area contributed by atoms with Crippen LogP contribution in [0.4, 0.5) is 0 Å². The van der Waals surface area contributed by atoms with Crippen LogP contribution in [-0.4, -0.2) is 17.5 Å². The number of aromatic amines is 1. The summed E-state index contributed by atoms with van der Waals surface area (Å²) >= 11 is 1.32. The number of H-pyrrole nitrogens is 1. The van der Waals surface area contributed by atoms with Gasteiger partial charge in [-0.25, -0.2) is 0 Å². The molecule has 0 atom stereocenters. The first kappa shape index (κ1) is 19.5. The maximum atomic E-state index is 12.7. The normalized spacial score (nSPS) is 13.3. The number of hydrogen-bond acceptors (Lipinski definition) is 4. The zero-order valence-electron chi connectivity index (χ0n) is 16.4. The molecule has 0 saturated heterocycles. The number of amides is 1. The Morgan fingerprint density at radius 2 is 2.03 bits per heavy atom. The fourth-order valence-electron chi connectivity index (χ4n) is 3.25. The van der Waals surface area contributed by atoms with Crippen LogP contribution in [0.3, 0.4) is 0 Å². The Morgan fingerprint density at radius 1 is 1.24 bits per heavy atom. The van der Waals surface area contributed by atoms with Gasteiger partial charge in [0.15, 0.2) is 0 Å². The second-order valence-corrected chi connectivity index (χ2v) is 8.47. The smallest absolute Gasteiger partial charge is 0.261 e. The quantitative estimate of drug-likeness (QED) is 0.576. The predicted octanol–water partition coefficient (Wildman–Crippen LogP) is 4.52. The van der Waals surface area contributed by atoms with Gasteiger partial charge >= 0.3 is 0 Å². The van der Waals surface area contributed by atoms with Crippen molar-refractivity contribution in [3.8, 4) is 16.2 Å². The molecule has 5 nitrogen and oxygen atoms in total. The lowest BCUT2D eigenvalue weighted by Crippen LogP contribution is -2.22. The van der Waals surface area contributed by atoms with Crippen molar-refractivity contribution < 1.29 is 9.53 Å². The molecule has 0 unspecified atom stereocenters. The summed E-state index contributed by atoms with van der Waals surface area (Å²) in [5, 5.41) is 2.96. The third-order valence-electron chi connectivity index (χ3n) is 5.07. The maximum absolute atomic E-state index is 12.7. The summed E-state index contributed by atoms with van der Waals surface area (Å²) in [6, 6.07) is 13.5. The number of thiophene rings is 1. The molecule has 1 aliphatic carbocycles. The molecular weight excluding hydrogens is 384 g/mol. The number of aromatic nitrogens is 1. The van der Waals surface area contributed by atoms with Crippen LogP contribution in [0.25, 0.3) is 10.4 Å². The Balaban J connectivity index is 1.52. The van der Waals surface area contributed by atoms with Crippen molar-refractivity contribution in [1.29, 1.82) is 0 Å². The number of hydrogen-bond donors (Lipinski definition) is 2. The standard InChI is InChI=1S/C23H24N2O3S/c1-15-13-19(29-21(15)23(27)25-14-17-5-3-2-4-6-17)20-18(9-11-24-22(20)26)28-12-10-16-7-8-16/h2-6,9,11,13,16H,7-8,10,12,14H2,1H3,(H,24,26)(H,25,27). The molecule has 2 aromatic heterocycles. The SMILES string of the molecule is Cc1cc(-c2c(OCCC3CC3)cc[nH]c2=O)sc1C(=O)NCc1ccccc1. The summed E-state index contributed by atoms with van der Waals surface area (Å²) in [5.41, 5.74) is 2.19. The van der Waals surface area contributed by atoms with Crippen LogP contribution in [0, 0.1) is 12.8 Å². The van der Waals surface area contributed by atoms with E-state index in [1.54, 1.807) is 12.3 Å². The van der Waals surface area contributed by atoms with E-state index in [0.717, 1.165) is 28.3 Å². The summed E-state index contributed by atoms with van der Waals surface area (Å²) in [7, 11) is 0. The first-order chi connectivity index (χ1) is 14.1. The van der Waals surface area contributed by atoms with Crippen molar-refractivity contribution in [2.45, 2.75) is 32.7 Å². The molecule has 1 aliphatic rings. The number of carbonyl (C=O) groups is 1. The molecule has 0 bridgehead atoms. The van der Waals surface area contributed by atoms with E-state index in [2.05, 4.69) is 10.3 Å². The number of nitrogens with one attached hydrogen (secondary N) is 2. The van der Waals surface area contributed by atoms with Crippen LogP contribution in [0.15, 0.2) is 53.5 Å². The van der Waals surface area contributed by atoms with Crippen LogP contribution in [0.1, 0.15) is 40.1 Å². The molecule has 2 heterocycles. The highest BCUT2D eigenvalue weighted by atomic mass is 32.1. The van der Waals surface area contributed by atoms with E-state index in [4.69, 9.17) is 4.74 Å². The molecule has 0 radical (unpaired) electrons. The highest BCUT2D eigenvalue weighted by Gasteiger charge is 2.22. The Morgan fingerprint density at radius 3 is 2.79 bits per heavy atom. The molecule has 29 heavy (non-hydrogen) atoms. The predicted molar refractivity (Wildman–Crippen MR) is 116 cm³/mol. The minimum atomic E-state index is -0.202. The molecule has 6 heteroatoms. The first-order valence-corrected chi connectivity index (χ1v) is 10.7. The van der Waals surface area contributed by atoms with Crippen molar-refractivity contribution in [2.24, 2.45) is 5.92 Å². The average Bonchev–Trinajstić information content (AvgIpc) is 3.47. The number of rotatable bonds is 8. The van der Waals surface area contributed by atoms with E-state index >= 15 is 0 Å². The fraction of sp³-hybridized carbons (Fsp3) is 0.304. The van der Waals surface area contributed by atoms with Crippen molar-refractivity contribution in [2.75, 3.05) is 6.61 Å². The van der Waals surface area contributed by atoms with Gasteiger partial charge in [0.2, 0.25) is 0 Å². The fourth-order valence-corrected chi connectivity index (χ4v) is 4.38.